The SMILES string of the molecule is CC1CC(C#N)(C(=O)Nc2nncs2)C1. The second-order valence-electron chi connectivity index (χ2n) is 3.91. The Hall–Kier alpha value is -1.48. The van der Waals surface area contributed by atoms with Gasteiger partial charge in [-0.05, 0) is 18.8 Å². The summed E-state index contributed by atoms with van der Waals surface area (Å²) in [5, 5.41) is 19.4. The second kappa shape index (κ2) is 3.59. The van der Waals surface area contributed by atoms with Crippen LogP contribution in [0.25, 0.3) is 0 Å². The lowest BCUT2D eigenvalue weighted by Gasteiger charge is -2.38. The molecule has 5 nitrogen and oxygen atoms in total. The molecule has 15 heavy (non-hydrogen) atoms. The Morgan fingerprint density at radius 2 is 2.53 bits per heavy atom. The van der Waals surface area contributed by atoms with E-state index < -0.39 is 5.41 Å². The monoisotopic (exact) mass is 222 g/mol. The Kier molecular flexibility index (Phi) is 2.40. The molecule has 0 radical (unpaired) electrons. The van der Waals surface area contributed by atoms with Crippen LogP contribution < -0.4 is 5.32 Å². The first-order chi connectivity index (χ1) is 7.16. The van der Waals surface area contributed by atoms with Crippen molar-refractivity contribution in [3.8, 4) is 6.07 Å². The molecule has 1 saturated carbocycles. The zero-order valence-corrected chi connectivity index (χ0v) is 9.04. The number of nitrogens with zero attached hydrogens (tertiary/aromatic N) is 3. The minimum Gasteiger partial charge on any atom is -0.299 e. The number of carbonyl (C=O) groups is 1. The van der Waals surface area contributed by atoms with Crippen LogP contribution in [0, 0.1) is 22.7 Å². The van der Waals surface area contributed by atoms with E-state index in [0.717, 1.165) is 0 Å². The summed E-state index contributed by atoms with van der Waals surface area (Å²) in [4.78, 5) is 11.8. The standard InChI is InChI=1S/C9H10N4OS/c1-6-2-9(3-6,4-10)7(14)12-8-13-11-5-15-8/h5-6H,2-3H2,1H3,(H,12,13,14). The number of anilines is 1. The van der Waals surface area contributed by atoms with Crippen molar-refractivity contribution < 1.29 is 4.79 Å². The fourth-order valence-corrected chi connectivity index (χ4v) is 2.34. The third-order valence-corrected chi connectivity index (χ3v) is 3.23. The summed E-state index contributed by atoms with van der Waals surface area (Å²) >= 11 is 1.25. The van der Waals surface area contributed by atoms with Gasteiger partial charge in [-0.25, -0.2) is 0 Å². The van der Waals surface area contributed by atoms with Gasteiger partial charge in [0.1, 0.15) is 10.9 Å². The average molecular weight is 222 g/mol. The Labute approximate surface area is 91.1 Å². The largest absolute Gasteiger partial charge is 0.299 e. The highest BCUT2D eigenvalue weighted by atomic mass is 32.1. The van der Waals surface area contributed by atoms with Crippen molar-refractivity contribution in [1.82, 2.24) is 10.2 Å². The van der Waals surface area contributed by atoms with Gasteiger partial charge >= 0.3 is 0 Å². The van der Waals surface area contributed by atoms with E-state index in [4.69, 9.17) is 5.26 Å². The van der Waals surface area contributed by atoms with Crippen LogP contribution in [0.3, 0.4) is 0 Å². The average Bonchev–Trinajstić information content (AvgIpc) is 2.64. The van der Waals surface area contributed by atoms with E-state index in [2.05, 4.69) is 21.6 Å². The van der Waals surface area contributed by atoms with E-state index in [1.165, 1.54) is 16.8 Å². The molecule has 6 heteroatoms. The maximum absolute atomic E-state index is 11.8. The molecule has 1 fully saturated rings. The van der Waals surface area contributed by atoms with Crippen molar-refractivity contribution in [2.75, 3.05) is 5.32 Å². The molecule has 1 aliphatic carbocycles. The van der Waals surface area contributed by atoms with Crippen LogP contribution in [-0.2, 0) is 4.79 Å². The molecular weight excluding hydrogens is 212 g/mol. The summed E-state index contributed by atoms with van der Waals surface area (Å²) in [6, 6.07) is 2.10. The molecule has 0 atom stereocenters. The first kappa shape index (κ1) is 10.1. The first-order valence-corrected chi connectivity index (χ1v) is 5.53. The molecule has 1 aliphatic rings. The minimum absolute atomic E-state index is 0.250. The van der Waals surface area contributed by atoms with Crippen molar-refractivity contribution >= 4 is 22.4 Å². The Morgan fingerprint density at radius 3 is 3.00 bits per heavy atom. The normalized spacial score (nSPS) is 28.9. The number of hydrogen-bond donors (Lipinski definition) is 1. The van der Waals surface area contributed by atoms with E-state index in [-0.39, 0.29) is 5.91 Å². The summed E-state index contributed by atoms with van der Waals surface area (Å²) < 4.78 is 0. The Bertz CT molecular complexity index is 402. The van der Waals surface area contributed by atoms with E-state index in [0.29, 0.717) is 23.9 Å². The molecule has 1 amide bonds. The summed E-state index contributed by atoms with van der Waals surface area (Å²) in [5.74, 6) is 0.199. The zero-order valence-electron chi connectivity index (χ0n) is 8.23. The Balaban J connectivity index is 2.05. The zero-order chi connectivity index (χ0) is 10.9. The highest BCUT2D eigenvalue weighted by molar-refractivity contribution is 7.13. The molecular formula is C9H10N4OS. The quantitative estimate of drug-likeness (QED) is 0.820. The van der Waals surface area contributed by atoms with E-state index in [1.807, 2.05) is 6.92 Å². The molecule has 0 saturated heterocycles. The molecule has 78 valence electrons. The van der Waals surface area contributed by atoms with Crippen molar-refractivity contribution in [2.24, 2.45) is 11.3 Å². The fourth-order valence-electron chi connectivity index (χ4n) is 1.90. The van der Waals surface area contributed by atoms with Gasteiger partial charge < -0.3 is 0 Å². The van der Waals surface area contributed by atoms with Crippen molar-refractivity contribution in [3.63, 3.8) is 0 Å². The topological polar surface area (TPSA) is 78.7 Å². The highest BCUT2D eigenvalue weighted by Gasteiger charge is 2.49. The van der Waals surface area contributed by atoms with Crippen LogP contribution >= 0.6 is 11.3 Å². The molecule has 1 aromatic heterocycles. The predicted octanol–water partition coefficient (Wildman–Crippen LogP) is 1.42. The summed E-state index contributed by atoms with van der Waals surface area (Å²) in [6.07, 6.45) is 1.27. The third-order valence-electron chi connectivity index (χ3n) is 2.62. The van der Waals surface area contributed by atoms with Gasteiger partial charge in [0.25, 0.3) is 0 Å². The molecule has 1 heterocycles. The molecule has 0 unspecified atom stereocenters. The predicted molar refractivity (Wildman–Crippen MR) is 55.0 cm³/mol. The van der Waals surface area contributed by atoms with Crippen molar-refractivity contribution in [1.29, 1.82) is 5.26 Å². The van der Waals surface area contributed by atoms with E-state index in [1.54, 1.807) is 0 Å². The maximum Gasteiger partial charge on any atom is 0.246 e. The van der Waals surface area contributed by atoms with E-state index in [9.17, 15) is 4.79 Å². The minimum atomic E-state index is -0.842. The first-order valence-electron chi connectivity index (χ1n) is 4.65. The summed E-state index contributed by atoms with van der Waals surface area (Å²) in [6.45, 7) is 2.04. The third kappa shape index (κ3) is 1.70. The van der Waals surface area contributed by atoms with Crippen LogP contribution in [0.5, 0.6) is 0 Å². The summed E-state index contributed by atoms with van der Waals surface area (Å²) in [7, 11) is 0. The number of nitriles is 1. The van der Waals surface area contributed by atoms with Gasteiger partial charge in [0.05, 0.1) is 6.07 Å². The van der Waals surface area contributed by atoms with Crippen LogP contribution in [0.4, 0.5) is 5.13 Å². The van der Waals surface area contributed by atoms with Crippen molar-refractivity contribution in [3.05, 3.63) is 5.51 Å². The lowest BCUT2D eigenvalue weighted by Crippen LogP contribution is -2.45. The molecule has 0 aromatic carbocycles. The van der Waals surface area contributed by atoms with Crippen LogP contribution in [0.15, 0.2) is 5.51 Å². The lowest BCUT2D eigenvalue weighted by molar-refractivity contribution is -0.128. The van der Waals surface area contributed by atoms with E-state index >= 15 is 0 Å². The second-order valence-corrected chi connectivity index (χ2v) is 4.74. The van der Waals surface area contributed by atoms with Crippen LogP contribution in [0.2, 0.25) is 0 Å². The molecule has 1 N–H and O–H groups in total. The van der Waals surface area contributed by atoms with Gasteiger partial charge in [-0.3, -0.25) is 10.1 Å². The molecule has 2 rings (SSSR count). The van der Waals surface area contributed by atoms with Gasteiger partial charge in [0, 0.05) is 0 Å². The van der Waals surface area contributed by atoms with Gasteiger partial charge in [0.15, 0.2) is 0 Å². The number of carbonyl (C=O) groups excluding carboxylic acids is 1. The number of aromatic nitrogens is 2. The number of hydrogen-bond acceptors (Lipinski definition) is 5. The summed E-state index contributed by atoms with van der Waals surface area (Å²) in [5.41, 5.74) is 0.698. The van der Waals surface area contributed by atoms with Gasteiger partial charge in [-0.15, -0.1) is 10.2 Å². The maximum atomic E-state index is 11.8. The van der Waals surface area contributed by atoms with Crippen LogP contribution in [0.1, 0.15) is 19.8 Å². The molecule has 0 aliphatic heterocycles. The van der Waals surface area contributed by atoms with Gasteiger partial charge in [0.2, 0.25) is 11.0 Å². The fraction of sp³-hybridized carbons (Fsp3) is 0.556. The number of nitrogens with one attached hydrogen (secondary N) is 1. The smallest absolute Gasteiger partial charge is 0.246 e. The lowest BCUT2D eigenvalue weighted by atomic mass is 9.63. The highest BCUT2D eigenvalue weighted by Crippen LogP contribution is 2.45. The van der Waals surface area contributed by atoms with Gasteiger partial charge in [-0.1, -0.05) is 18.3 Å². The Morgan fingerprint density at radius 1 is 1.80 bits per heavy atom. The molecule has 0 spiro atoms. The molecule has 0 bridgehead atoms. The van der Waals surface area contributed by atoms with Gasteiger partial charge in [-0.2, -0.15) is 5.26 Å². The number of rotatable bonds is 2. The van der Waals surface area contributed by atoms with Crippen LogP contribution in [-0.4, -0.2) is 16.1 Å². The van der Waals surface area contributed by atoms with Crippen molar-refractivity contribution in [2.45, 2.75) is 19.8 Å². The number of amides is 1. The molecule has 1 aromatic rings.